The van der Waals surface area contributed by atoms with Crippen LogP contribution in [0.1, 0.15) is 24.1 Å². The summed E-state index contributed by atoms with van der Waals surface area (Å²) in [6, 6.07) is 4.06. The van der Waals surface area contributed by atoms with Crippen LogP contribution in [0.5, 0.6) is 0 Å². The van der Waals surface area contributed by atoms with Gasteiger partial charge in [0.2, 0.25) is 0 Å². The topological polar surface area (TPSA) is 41.6 Å². The van der Waals surface area contributed by atoms with Gasteiger partial charge in [-0.05, 0) is 30.8 Å². The quantitative estimate of drug-likeness (QED) is 0.660. The van der Waals surface area contributed by atoms with Gasteiger partial charge in [0.25, 0.3) is 0 Å². The Labute approximate surface area is 136 Å². The fourth-order valence-electron chi connectivity index (χ4n) is 2.45. The number of allylic oxidation sites excluding steroid dienone is 1. The molecule has 0 aliphatic carbocycles. The number of methoxy groups -OCH3 is 1. The van der Waals surface area contributed by atoms with E-state index >= 15 is 0 Å². The van der Waals surface area contributed by atoms with Gasteiger partial charge in [0.05, 0.1) is 24.3 Å². The Balaban J connectivity index is 2.66. The van der Waals surface area contributed by atoms with E-state index < -0.39 is 23.8 Å². The van der Waals surface area contributed by atoms with E-state index in [2.05, 4.69) is 5.32 Å². The average molecular weight is 344 g/mol. The third-order valence-corrected chi connectivity index (χ3v) is 4.13. The first-order valence-electron chi connectivity index (χ1n) is 6.68. The van der Waals surface area contributed by atoms with E-state index in [4.69, 9.17) is 17.0 Å². The van der Waals surface area contributed by atoms with Gasteiger partial charge in [-0.25, -0.2) is 4.79 Å². The summed E-state index contributed by atoms with van der Waals surface area (Å²) in [5.41, 5.74) is -0.350. The number of esters is 1. The summed E-state index contributed by atoms with van der Waals surface area (Å²) in [7, 11) is 2.81. The minimum atomic E-state index is -4.54. The lowest BCUT2D eigenvalue weighted by Gasteiger charge is -2.36. The molecule has 1 aliphatic rings. The molecule has 1 N–H and O–H groups in total. The van der Waals surface area contributed by atoms with Gasteiger partial charge in [-0.3, -0.25) is 0 Å². The monoisotopic (exact) mass is 344 g/mol. The number of hydrogen-bond donors (Lipinski definition) is 1. The Kier molecular flexibility index (Phi) is 4.65. The first-order valence-corrected chi connectivity index (χ1v) is 7.08. The molecule has 0 unspecified atom stereocenters. The number of ether oxygens (including phenoxy) is 1. The lowest BCUT2D eigenvalue weighted by molar-refractivity contribution is -0.139. The van der Waals surface area contributed by atoms with Gasteiger partial charge in [-0.2, -0.15) is 13.2 Å². The van der Waals surface area contributed by atoms with E-state index in [0.717, 1.165) is 6.07 Å². The van der Waals surface area contributed by atoms with Crippen molar-refractivity contribution in [1.29, 1.82) is 0 Å². The molecule has 23 heavy (non-hydrogen) atoms. The Hall–Kier alpha value is -2.09. The lowest BCUT2D eigenvalue weighted by Crippen LogP contribution is -2.46. The molecular weight excluding hydrogens is 329 g/mol. The highest BCUT2D eigenvalue weighted by molar-refractivity contribution is 7.80. The lowest BCUT2D eigenvalue weighted by atomic mass is 9.91. The fraction of sp³-hybridized carbons (Fsp3) is 0.333. The molecular formula is C15H15F3N2O2S. The van der Waals surface area contributed by atoms with Crippen LogP contribution in [0.15, 0.2) is 35.5 Å². The number of alkyl halides is 3. The van der Waals surface area contributed by atoms with Crippen molar-refractivity contribution in [3.8, 4) is 0 Å². The summed E-state index contributed by atoms with van der Waals surface area (Å²) in [4.78, 5) is 13.6. The molecule has 1 aromatic rings. The van der Waals surface area contributed by atoms with E-state index in [1.165, 1.54) is 30.2 Å². The van der Waals surface area contributed by atoms with Crippen LogP contribution in [0.25, 0.3) is 0 Å². The Morgan fingerprint density at radius 3 is 2.52 bits per heavy atom. The minimum absolute atomic E-state index is 0.0739. The normalized spacial score (nSPS) is 18.8. The largest absolute Gasteiger partial charge is 0.466 e. The number of nitrogens with one attached hydrogen (secondary N) is 1. The van der Waals surface area contributed by atoms with E-state index in [9.17, 15) is 18.0 Å². The molecule has 1 aliphatic heterocycles. The van der Waals surface area contributed by atoms with Crippen molar-refractivity contribution in [2.45, 2.75) is 19.1 Å². The molecule has 0 bridgehead atoms. The number of hydrogen-bond acceptors (Lipinski definition) is 3. The van der Waals surface area contributed by atoms with Crippen LogP contribution in [0.3, 0.4) is 0 Å². The Bertz CT molecular complexity index is 686. The Morgan fingerprint density at radius 1 is 1.35 bits per heavy atom. The molecule has 0 saturated carbocycles. The molecule has 0 spiro atoms. The maximum atomic E-state index is 13.3. The van der Waals surface area contributed by atoms with Gasteiger partial charge in [-0.15, -0.1) is 0 Å². The van der Waals surface area contributed by atoms with E-state index in [-0.39, 0.29) is 16.2 Å². The number of benzene rings is 1. The first-order chi connectivity index (χ1) is 10.7. The molecule has 0 fully saturated rings. The summed E-state index contributed by atoms with van der Waals surface area (Å²) in [5.74, 6) is -0.702. The van der Waals surface area contributed by atoms with Crippen LogP contribution in [0.4, 0.5) is 13.2 Å². The van der Waals surface area contributed by atoms with E-state index in [0.29, 0.717) is 5.70 Å². The second-order valence-corrected chi connectivity index (χ2v) is 5.40. The standard InChI is InChI=1S/C15H15F3N2O2S/c1-8-11(13(21)22-3)12(19-14(23)20(8)2)9-6-4-5-7-10(9)15(16,17)18/h4-7,12H,1-3H3,(H,19,23)/t12-/m1/s1. The molecule has 0 saturated heterocycles. The second-order valence-electron chi connectivity index (χ2n) is 5.02. The van der Waals surface area contributed by atoms with Crippen LogP contribution in [-0.2, 0) is 15.7 Å². The molecule has 1 aromatic carbocycles. The van der Waals surface area contributed by atoms with Crippen molar-refractivity contribution < 1.29 is 22.7 Å². The third-order valence-electron chi connectivity index (χ3n) is 3.74. The molecule has 0 radical (unpaired) electrons. The molecule has 1 heterocycles. The summed E-state index contributed by atoms with van der Waals surface area (Å²) >= 11 is 5.14. The summed E-state index contributed by atoms with van der Waals surface area (Å²) < 4.78 is 44.6. The number of halogens is 3. The molecule has 2 rings (SSSR count). The van der Waals surface area contributed by atoms with Crippen molar-refractivity contribution in [2.75, 3.05) is 14.2 Å². The van der Waals surface area contributed by atoms with Gasteiger partial charge in [0, 0.05) is 12.7 Å². The second kappa shape index (κ2) is 6.19. The molecule has 0 amide bonds. The summed E-state index contributed by atoms with van der Waals surface area (Å²) in [6.45, 7) is 1.61. The van der Waals surface area contributed by atoms with Crippen molar-refractivity contribution >= 4 is 23.3 Å². The maximum absolute atomic E-state index is 13.3. The zero-order chi connectivity index (χ0) is 17.4. The van der Waals surface area contributed by atoms with Gasteiger partial charge in [-0.1, -0.05) is 18.2 Å². The number of rotatable bonds is 2. The molecule has 0 aromatic heterocycles. The third kappa shape index (κ3) is 3.17. The SMILES string of the molecule is COC(=O)C1=C(C)N(C)C(=S)N[C@@H]1c1ccccc1C(F)(F)F. The number of thiocarbonyl (C=S) groups is 1. The average Bonchev–Trinajstić information content (AvgIpc) is 2.50. The summed E-state index contributed by atoms with van der Waals surface area (Å²) in [6.07, 6.45) is -4.54. The molecule has 1 atom stereocenters. The highest BCUT2D eigenvalue weighted by atomic mass is 32.1. The van der Waals surface area contributed by atoms with Crippen molar-refractivity contribution in [2.24, 2.45) is 0 Å². The summed E-state index contributed by atoms with van der Waals surface area (Å²) in [5, 5.41) is 3.02. The van der Waals surface area contributed by atoms with Gasteiger partial charge in [0.15, 0.2) is 5.11 Å². The smallest absolute Gasteiger partial charge is 0.416 e. The fourth-order valence-corrected chi connectivity index (χ4v) is 2.70. The van der Waals surface area contributed by atoms with Crippen LogP contribution < -0.4 is 5.32 Å². The zero-order valence-corrected chi connectivity index (χ0v) is 13.5. The highest BCUT2D eigenvalue weighted by Crippen LogP contribution is 2.39. The Morgan fingerprint density at radius 2 is 1.96 bits per heavy atom. The van der Waals surface area contributed by atoms with Crippen LogP contribution >= 0.6 is 12.2 Å². The zero-order valence-electron chi connectivity index (χ0n) is 12.7. The van der Waals surface area contributed by atoms with Gasteiger partial charge < -0.3 is 15.0 Å². The number of carbonyl (C=O) groups is 1. The predicted molar refractivity (Wildman–Crippen MR) is 82.4 cm³/mol. The maximum Gasteiger partial charge on any atom is 0.416 e. The van der Waals surface area contributed by atoms with Crippen LogP contribution in [-0.4, -0.2) is 30.1 Å². The van der Waals surface area contributed by atoms with Crippen molar-refractivity contribution in [3.05, 3.63) is 46.7 Å². The predicted octanol–water partition coefficient (Wildman–Crippen LogP) is 3.01. The van der Waals surface area contributed by atoms with Crippen molar-refractivity contribution in [1.82, 2.24) is 10.2 Å². The number of nitrogens with zero attached hydrogens (tertiary/aromatic N) is 1. The van der Waals surface area contributed by atoms with Crippen LogP contribution in [0, 0.1) is 0 Å². The number of carbonyl (C=O) groups excluding carboxylic acids is 1. The highest BCUT2D eigenvalue weighted by Gasteiger charge is 2.40. The van der Waals surface area contributed by atoms with E-state index in [1.54, 1.807) is 14.0 Å². The van der Waals surface area contributed by atoms with Crippen LogP contribution in [0.2, 0.25) is 0 Å². The van der Waals surface area contributed by atoms with Gasteiger partial charge >= 0.3 is 12.1 Å². The minimum Gasteiger partial charge on any atom is -0.466 e. The van der Waals surface area contributed by atoms with Gasteiger partial charge in [0.1, 0.15) is 0 Å². The van der Waals surface area contributed by atoms with E-state index in [1.807, 2.05) is 0 Å². The molecule has 124 valence electrons. The molecule has 4 nitrogen and oxygen atoms in total. The molecule has 8 heteroatoms. The first kappa shape index (κ1) is 17.3. The van der Waals surface area contributed by atoms with Crippen molar-refractivity contribution in [3.63, 3.8) is 0 Å².